The molecule has 1 amide bonds. The van der Waals surface area contributed by atoms with E-state index in [0.29, 0.717) is 0 Å². The fourth-order valence-electron chi connectivity index (χ4n) is 1.40. The molecule has 0 aromatic heterocycles. The van der Waals surface area contributed by atoms with Crippen molar-refractivity contribution in [1.29, 1.82) is 0 Å². The maximum Gasteiger partial charge on any atom is 0.237 e. The SMILES string of the molecule is CC(C)(C(N)=O)N1CCN(I)CC1. The molecule has 0 aliphatic carbocycles. The van der Waals surface area contributed by atoms with Gasteiger partial charge in [-0.15, -0.1) is 0 Å². The van der Waals surface area contributed by atoms with E-state index in [1.807, 2.05) is 13.8 Å². The predicted octanol–water partition coefficient (Wildman–Crippen LogP) is 0.218. The smallest absolute Gasteiger partial charge is 0.237 e. The fraction of sp³-hybridized carbons (Fsp3) is 0.875. The Morgan fingerprint density at radius 3 is 2.15 bits per heavy atom. The number of amides is 1. The van der Waals surface area contributed by atoms with Crippen molar-refractivity contribution in [2.24, 2.45) is 5.73 Å². The van der Waals surface area contributed by atoms with Crippen LogP contribution >= 0.6 is 22.9 Å². The molecule has 1 fully saturated rings. The molecule has 4 nitrogen and oxygen atoms in total. The standard InChI is InChI=1S/C8H16IN3O/c1-8(2,7(10)13)11-3-5-12(9)6-4-11/h3-6H2,1-2H3,(H2,10,13). The molecule has 1 saturated heterocycles. The molecular weight excluding hydrogens is 281 g/mol. The monoisotopic (exact) mass is 297 g/mol. The number of halogens is 1. The van der Waals surface area contributed by atoms with E-state index in [0.717, 1.165) is 26.2 Å². The molecule has 0 aromatic carbocycles. The summed E-state index contributed by atoms with van der Waals surface area (Å²) in [5.74, 6) is -0.241. The van der Waals surface area contributed by atoms with Crippen LogP contribution in [-0.2, 0) is 4.79 Å². The first kappa shape index (κ1) is 11.2. The van der Waals surface area contributed by atoms with Gasteiger partial charge in [-0.2, -0.15) is 0 Å². The zero-order valence-corrected chi connectivity index (χ0v) is 10.2. The van der Waals surface area contributed by atoms with Crippen LogP contribution in [-0.4, -0.2) is 45.6 Å². The molecule has 0 unspecified atom stereocenters. The second-order valence-electron chi connectivity index (χ2n) is 3.82. The molecule has 0 radical (unpaired) electrons. The van der Waals surface area contributed by atoms with Crippen LogP contribution in [0, 0.1) is 0 Å². The van der Waals surface area contributed by atoms with Gasteiger partial charge in [0.05, 0.1) is 5.54 Å². The number of carbonyl (C=O) groups is 1. The minimum Gasteiger partial charge on any atom is -0.368 e. The van der Waals surface area contributed by atoms with E-state index in [1.54, 1.807) is 0 Å². The first-order chi connectivity index (χ1) is 5.94. The van der Waals surface area contributed by atoms with Gasteiger partial charge in [0.15, 0.2) is 0 Å². The van der Waals surface area contributed by atoms with Crippen LogP contribution in [0.5, 0.6) is 0 Å². The van der Waals surface area contributed by atoms with Gasteiger partial charge in [-0.25, -0.2) is 3.11 Å². The van der Waals surface area contributed by atoms with E-state index in [9.17, 15) is 4.79 Å². The van der Waals surface area contributed by atoms with E-state index < -0.39 is 5.54 Å². The largest absolute Gasteiger partial charge is 0.368 e. The molecule has 5 heteroatoms. The van der Waals surface area contributed by atoms with Gasteiger partial charge < -0.3 is 5.73 Å². The van der Waals surface area contributed by atoms with Gasteiger partial charge in [-0.3, -0.25) is 9.69 Å². The Labute approximate surface area is 92.9 Å². The highest BCUT2D eigenvalue weighted by Crippen LogP contribution is 2.17. The lowest BCUT2D eigenvalue weighted by Gasteiger charge is -2.40. The van der Waals surface area contributed by atoms with Crippen LogP contribution in [0.1, 0.15) is 13.8 Å². The van der Waals surface area contributed by atoms with Gasteiger partial charge in [0, 0.05) is 49.0 Å². The quantitative estimate of drug-likeness (QED) is 0.586. The summed E-state index contributed by atoms with van der Waals surface area (Å²) in [5, 5.41) is 0. The normalized spacial score (nSPS) is 21.8. The Morgan fingerprint density at radius 2 is 1.77 bits per heavy atom. The fourth-order valence-corrected chi connectivity index (χ4v) is 1.83. The average molecular weight is 297 g/mol. The van der Waals surface area contributed by atoms with Gasteiger partial charge in [0.2, 0.25) is 5.91 Å². The minimum atomic E-state index is -0.502. The van der Waals surface area contributed by atoms with Crippen molar-refractivity contribution in [1.82, 2.24) is 8.01 Å². The maximum absolute atomic E-state index is 11.2. The summed E-state index contributed by atoms with van der Waals surface area (Å²) in [4.78, 5) is 13.3. The third-order valence-electron chi connectivity index (χ3n) is 2.62. The lowest BCUT2D eigenvalue weighted by molar-refractivity contribution is -0.129. The van der Waals surface area contributed by atoms with E-state index in [-0.39, 0.29) is 5.91 Å². The van der Waals surface area contributed by atoms with Gasteiger partial charge in [0.1, 0.15) is 0 Å². The van der Waals surface area contributed by atoms with Crippen molar-refractivity contribution >= 4 is 28.8 Å². The first-order valence-corrected chi connectivity index (χ1v) is 5.37. The summed E-state index contributed by atoms with van der Waals surface area (Å²) in [7, 11) is 0. The highest BCUT2D eigenvalue weighted by Gasteiger charge is 2.34. The van der Waals surface area contributed by atoms with Crippen LogP contribution in [0.15, 0.2) is 0 Å². The van der Waals surface area contributed by atoms with Crippen molar-refractivity contribution < 1.29 is 4.79 Å². The predicted molar refractivity (Wildman–Crippen MR) is 60.4 cm³/mol. The van der Waals surface area contributed by atoms with E-state index >= 15 is 0 Å². The Bertz CT molecular complexity index is 200. The highest BCUT2D eigenvalue weighted by atomic mass is 127. The Hall–Kier alpha value is 0.120. The molecule has 0 aromatic rings. The van der Waals surface area contributed by atoms with Crippen LogP contribution in [0.4, 0.5) is 0 Å². The van der Waals surface area contributed by atoms with Crippen LogP contribution in [0.3, 0.4) is 0 Å². The summed E-state index contributed by atoms with van der Waals surface area (Å²) in [6.07, 6.45) is 0. The molecule has 0 atom stereocenters. The lowest BCUT2D eigenvalue weighted by atomic mass is 10.0. The summed E-state index contributed by atoms with van der Waals surface area (Å²) in [5.41, 5.74) is 4.84. The third-order valence-corrected chi connectivity index (χ3v) is 3.58. The number of rotatable bonds is 2. The Morgan fingerprint density at radius 1 is 1.31 bits per heavy atom. The topological polar surface area (TPSA) is 49.6 Å². The molecule has 13 heavy (non-hydrogen) atoms. The molecule has 1 aliphatic rings. The summed E-state index contributed by atoms with van der Waals surface area (Å²) in [6.45, 7) is 7.60. The summed E-state index contributed by atoms with van der Waals surface area (Å²) >= 11 is 2.30. The molecule has 0 saturated carbocycles. The molecule has 0 bridgehead atoms. The minimum absolute atomic E-state index is 0.241. The molecule has 76 valence electrons. The molecule has 1 aliphatic heterocycles. The summed E-state index contributed by atoms with van der Waals surface area (Å²) in [6, 6.07) is 0. The van der Waals surface area contributed by atoms with Crippen molar-refractivity contribution in [3.63, 3.8) is 0 Å². The lowest BCUT2D eigenvalue weighted by Crippen LogP contribution is -2.58. The van der Waals surface area contributed by atoms with E-state index in [1.165, 1.54) is 0 Å². The number of carbonyl (C=O) groups excluding carboxylic acids is 1. The number of primary amides is 1. The molecule has 1 heterocycles. The Balaban J connectivity index is 2.58. The number of nitrogens with two attached hydrogens (primary N) is 1. The van der Waals surface area contributed by atoms with Crippen LogP contribution in [0.2, 0.25) is 0 Å². The van der Waals surface area contributed by atoms with Crippen molar-refractivity contribution in [3.05, 3.63) is 0 Å². The van der Waals surface area contributed by atoms with Gasteiger partial charge >= 0.3 is 0 Å². The van der Waals surface area contributed by atoms with E-state index in [2.05, 4.69) is 30.9 Å². The number of hydrogen-bond acceptors (Lipinski definition) is 3. The number of piperazine rings is 1. The highest BCUT2D eigenvalue weighted by molar-refractivity contribution is 14.1. The molecular formula is C8H16IN3O. The van der Waals surface area contributed by atoms with Gasteiger partial charge in [-0.05, 0) is 13.8 Å². The number of hydrogen-bond donors (Lipinski definition) is 1. The second kappa shape index (κ2) is 4.10. The zero-order valence-electron chi connectivity index (χ0n) is 8.09. The maximum atomic E-state index is 11.2. The first-order valence-electron chi connectivity index (χ1n) is 4.40. The molecule has 1 rings (SSSR count). The van der Waals surface area contributed by atoms with Crippen molar-refractivity contribution in [2.45, 2.75) is 19.4 Å². The van der Waals surface area contributed by atoms with Gasteiger partial charge in [0.25, 0.3) is 0 Å². The van der Waals surface area contributed by atoms with E-state index in [4.69, 9.17) is 5.73 Å². The third kappa shape index (κ3) is 2.54. The van der Waals surface area contributed by atoms with Gasteiger partial charge in [-0.1, -0.05) is 0 Å². The van der Waals surface area contributed by atoms with Crippen molar-refractivity contribution in [2.75, 3.05) is 26.2 Å². The zero-order chi connectivity index (χ0) is 10.1. The Kier molecular flexibility index (Phi) is 3.53. The number of nitrogens with zero attached hydrogens (tertiary/aromatic N) is 2. The average Bonchev–Trinajstić information content (AvgIpc) is 2.04. The van der Waals surface area contributed by atoms with Crippen LogP contribution < -0.4 is 5.73 Å². The molecule has 0 spiro atoms. The second-order valence-corrected chi connectivity index (χ2v) is 5.18. The van der Waals surface area contributed by atoms with Crippen molar-refractivity contribution in [3.8, 4) is 0 Å². The molecule has 2 N–H and O–H groups in total. The summed E-state index contributed by atoms with van der Waals surface area (Å²) < 4.78 is 2.23. The van der Waals surface area contributed by atoms with Crippen LogP contribution in [0.25, 0.3) is 0 Å².